The number of hydrogen-bond acceptors (Lipinski definition) is 6. The molecule has 0 amide bonds. The fourth-order valence-corrected chi connectivity index (χ4v) is 4.03. The quantitative estimate of drug-likeness (QED) is 0.430. The summed E-state index contributed by atoms with van der Waals surface area (Å²) in [5, 5.41) is 21.0. The van der Waals surface area contributed by atoms with Gasteiger partial charge in [0.25, 0.3) is 0 Å². The van der Waals surface area contributed by atoms with Crippen molar-refractivity contribution in [2.75, 3.05) is 20.2 Å². The molecule has 2 aromatic carbocycles. The maximum Gasteiger partial charge on any atom is 0.328 e. The zero-order valence-corrected chi connectivity index (χ0v) is 19.2. The van der Waals surface area contributed by atoms with Crippen molar-refractivity contribution < 1.29 is 29.1 Å². The van der Waals surface area contributed by atoms with E-state index in [4.69, 9.17) is 19.5 Å². The lowest BCUT2D eigenvalue weighted by Gasteiger charge is -2.31. The fraction of sp³-hybridized carbons (Fsp3) is 0.370. The van der Waals surface area contributed by atoms with Gasteiger partial charge < -0.3 is 19.5 Å². The van der Waals surface area contributed by atoms with E-state index in [1.54, 1.807) is 7.11 Å². The molecule has 0 unspecified atom stereocenters. The molecule has 1 saturated heterocycles. The van der Waals surface area contributed by atoms with E-state index in [2.05, 4.69) is 40.4 Å². The first-order valence-electron chi connectivity index (χ1n) is 11.3. The molecule has 35 heavy (non-hydrogen) atoms. The van der Waals surface area contributed by atoms with E-state index >= 15 is 0 Å². The highest BCUT2D eigenvalue weighted by Crippen LogP contribution is 2.28. The lowest BCUT2D eigenvalue weighted by molar-refractivity contribution is -0.134. The second-order valence-electron chi connectivity index (χ2n) is 8.24. The molecule has 2 N–H and O–H groups in total. The SMILES string of the molecule is C.COc1ccc2onc(CCC3CCN(Cc4ccccc4)CC3)c2c1.O=C(O)/C=C\C(=O)O. The fourth-order valence-electron chi connectivity index (χ4n) is 4.03. The number of rotatable bonds is 8. The molecule has 0 saturated carbocycles. The molecule has 1 aliphatic heterocycles. The highest BCUT2D eigenvalue weighted by atomic mass is 16.5. The van der Waals surface area contributed by atoms with Crippen molar-refractivity contribution >= 4 is 22.9 Å². The van der Waals surface area contributed by atoms with E-state index in [-0.39, 0.29) is 7.43 Å². The van der Waals surface area contributed by atoms with E-state index < -0.39 is 11.9 Å². The predicted molar refractivity (Wildman–Crippen MR) is 134 cm³/mol. The second kappa shape index (κ2) is 13.9. The van der Waals surface area contributed by atoms with Crippen LogP contribution in [0.4, 0.5) is 0 Å². The number of aromatic nitrogens is 1. The molecule has 0 radical (unpaired) electrons. The molecule has 1 aromatic heterocycles. The minimum atomic E-state index is -1.26. The number of carbonyl (C=O) groups is 2. The molecule has 188 valence electrons. The van der Waals surface area contributed by atoms with Gasteiger partial charge in [0.05, 0.1) is 12.8 Å². The highest BCUT2D eigenvalue weighted by molar-refractivity contribution is 5.89. The number of aliphatic carboxylic acids is 2. The summed E-state index contributed by atoms with van der Waals surface area (Å²) in [4.78, 5) is 21.7. The number of hydrogen-bond donors (Lipinski definition) is 2. The summed E-state index contributed by atoms with van der Waals surface area (Å²) < 4.78 is 10.8. The number of likely N-dealkylation sites (tertiary alicyclic amines) is 1. The van der Waals surface area contributed by atoms with E-state index in [9.17, 15) is 9.59 Å². The number of aryl methyl sites for hydroxylation is 1. The molecular formula is C27H34N2O6. The lowest BCUT2D eigenvalue weighted by Crippen LogP contribution is -2.33. The van der Waals surface area contributed by atoms with Gasteiger partial charge in [-0.25, -0.2) is 9.59 Å². The predicted octanol–water partition coefficient (Wildman–Crippen LogP) is 5.03. The smallest absolute Gasteiger partial charge is 0.328 e. The van der Waals surface area contributed by atoms with Crippen LogP contribution in [0.1, 0.15) is 37.9 Å². The van der Waals surface area contributed by atoms with E-state index in [0.717, 1.165) is 41.3 Å². The van der Waals surface area contributed by atoms with Gasteiger partial charge in [0, 0.05) is 24.1 Å². The molecule has 8 heteroatoms. The van der Waals surface area contributed by atoms with Gasteiger partial charge in [0.1, 0.15) is 5.75 Å². The Labute approximate surface area is 205 Å². The Kier molecular flexibility index (Phi) is 11.0. The maximum absolute atomic E-state index is 9.55. The van der Waals surface area contributed by atoms with Crippen molar-refractivity contribution in [1.29, 1.82) is 0 Å². The Morgan fingerprint density at radius 2 is 1.74 bits per heavy atom. The first-order chi connectivity index (χ1) is 16.4. The van der Waals surface area contributed by atoms with Crippen molar-refractivity contribution in [2.24, 2.45) is 5.92 Å². The van der Waals surface area contributed by atoms with Crippen LogP contribution in [-0.2, 0) is 22.6 Å². The summed E-state index contributed by atoms with van der Waals surface area (Å²) >= 11 is 0. The zero-order valence-electron chi connectivity index (χ0n) is 19.2. The number of nitrogens with zero attached hydrogens (tertiary/aromatic N) is 2. The first-order valence-corrected chi connectivity index (χ1v) is 11.3. The van der Waals surface area contributed by atoms with E-state index in [0.29, 0.717) is 12.2 Å². The van der Waals surface area contributed by atoms with Gasteiger partial charge in [0.2, 0.25) is 0 Å². The summed E-state index contributed by atoms with van der Waals surface area (Å²) in [7, 11) is 1.69. The summed E-state index contributed by atoms with van der Waals surface area (Å²) in [5.74, 6) is -0.879. The molecular weight excluding hydrogens is 448 g/mol. The van der Waals surface area contributed by atoms with Gasteiger partial charge >= 0.3 is 11.9 Å². The number of fused-ring (bicyclic) bond motifs is 1. The average molecular weight is 483 g/mol. The number of piperidine rings is 1. The molecule has 0 bridgehead atoms. The normalized spacial score (nSPS) is 14.2. The summed E-state index contributed by atoms with van der Waals surface area (Å²) in [6, 6.07) is 16.7. The van der Waals surface area contributed by atoms with Gasteiger partial charge in [-0.2, -0.15) is 0 Å². The molecule has 8 nitrogen and oxygen atoms in total. The van der Waals surface area contributed by atoms with Gasteiger partial charge in [-0.15, -0.1) is 0 Å². The van der Waals surface area contributed by atoms with Crippen LogP contribution in [0, 0.1) is 5.92 Å². The zero-order chi connectivity index (χ0) is 24.3. The average Bonchev–Trinajstić information content (AvgIpc) is 3.25. The maximum atomic E-state index is 9.55. The van der Waals surface area contributed by atoms with Crippen molar-refractivity contribution in [3.63, 3.8) is 0 Å². The molecule has 0 spiro atoms. The minimum Gasteiger partial charge on any atom is -0.497 e. The summed E-state index contributed by atoms with van der Waals surface area (Å²) in [6.07, 6.45) is 5.81. The molecule has 0 aliphatic carbocycles. The van der Waals surface area contributed by atoms with Crippen LogP contribution in [0.25, 0.3) is 11.0 Å². The van der Waals surface area contributed by atoms with Gasteiger partial charge in [0.15, 0.2) is 5.58 Å². The van der Waals surface area contributed by atoms with Crippen LogP contribution in [0.3, 0.4) is 0 Å². The van der Waals surface area contributed by atoms with Crippen LogP contribution in [-0.4, -0.2) is 52.4 Å². The number of carboxylic acids is 2. The van der Waals surface area contributed by atoms with Gasteiger partial charge in [-0.3, -0.25) is 4.90 Å². The molecule has 1 aliphatic rings. The largest absolute Gasteiger partial charge is 0.497 e. The van der Waals surface area contributed by atoms with Crippen LogP contribution >= 0.6 is 0 Å². The number of methoxy groups -OCH3 is 1. The van der Waals surface area contributed by atoms with Crippen LogP contribution in [0.5, 0.6) is 5.75 Å². The van der Waals surface area contributed by atoms with Crippen LogP contribution in [0.2, 0.25) is 0 Å². The Morgan fingerprint density at radius 3 is 2.34 bits per heavy atom. The van der Waals surface area contributed by atoms with Crippen molar-refractivity contribution in [1.82, 2.24) is 10.1 Å². The van der Waals surface area contributed by atoms with Crippen LogP contribution < -0.4 is 4.74 Å². The number of benzene rings is 2. The molecule has 4 rings (SSSR count). The Hall–Kier alpha value is -3.65. The van der Waals surface area contributed by atoms with Gasteiger partial charge in [-0.05, 0) is 68.5 Å². The van der Waals surface area contributed by atoms with Crippen LogP contribution in [0.15, 0.2) is 65.2 Å². The minimum absolute atomic E-state index is 0. The standard InChI is InChI=1S/C22H26N2O2.C4H4O4.CH4/c1-25-19-8-10-22-20(15-19)21(23-26-22)9-7-17-11-13-24(14-12-17)16-18-5-3-2-4-6-18;5-3(6)1-2-4(7)8;/h2-6,8,10,15,17H,7,9,11-14,16H2,1H3;1-2H,(H,5,6)(H,7,8);1H4/b;2-1-;. The number of ether oxygens (including phenoxy) is 1. The third-order valence-electron chi connectivity index (χ3n) is 5.87. The first kappa shape index (κ1) is 27.6. The van der Waals surface area contributed by atoms with Crippen molar-refractivity contribution in [3.05, 3.63) is 71.9 Å². The number of carboxylic acid groups (broad SMARTS) is 2. The van der Waals surface area contributed by atoms with Crippen molar-refractivity contribution in [2.45, 2.75) is 39.7 Å². The third kappa shape index (κ3) is 8.90. The Morgan fingerprint density at radius 1 is 1.09 bits per heavy atom. The Balaban J connectivity index is 0.000000418. The second-order valence-corrected chi connectivity index (χ2v) is 8.24. The van der Waals surface area contributed by atoms with Crippen molar-refractivity contribution in [3.8, 4) is 5.75 Å². The summed E-state index contributed by atoms with van der Waals surface area (Å²) in [5.41, 5.74) is 3.32. The topological polar surface area (TPSA) is 113 Å². The molecule has 0 atom stereocenters. The molecule has 1 fully saturated rings. The lowest BCUT2D eigenvalue weighted by atomic mass is 9.91. The van der Waals surface area contributed by atoms with E-state index in [1.165, 1.54) is 37.9 Å². The van der Waals surface area contributed by atoms with E-state index in [1.807, 2.05) is 18.2 Å². The molecule has 2 heterocycles. The monoisotopic (exact) mass is 482 g/mol. The molecule has 3 aromatic rings. The summed E-state index contributed by atoms with van der Waals surface area (Å²) in [6.45, 7) is 3.45. The van der Waals surface area contributed by atoms with Gasteiger partial charge in [-0.1, -0.05) is 42.9 Å². The Bertz CT molecular complexity index is 1090. The highest BCUT2D eigenvalue weighted by Gasteiger charge is 2.20. The third-order valence-corrected chi connectivity index (χ3v) is 5.87.